The summed E-state index contributed by atoms with van der Waals surface area (Å²) in [4.78, 5) is 0. The van der Waals surface area contributed by atoms with Gasteiger partial charge in [-0.15, -0.1) is 0 Å². The smallest absolute Gasteiger partial charge is 0.198 e. The number of rotatable bonds is 8. The first-order valence-corrected chi connectivity index (χ1v) is 13.2. The predicted octanol–water partition coefficient (Wildman–Crippen LogP) is 6.80. The van der Waals surface area contributed by atoms with Crippen LogP contribution in [-0.4, -0.2) is 14.4 Å². The second-order valence-corrected chi connectivity index (χ2v) is 14.3. The fourth-order valence-corrected chi connectivity index (χ4v) is 8.36. The Kier molecular flexibility index (Phi) is 8.37. The minimum absolute atomic E-state index is 0.291. The molecule has 2 nitrogen and oxygen atoms in total. The zero-order chi connectivity index (χ0) is 19.0. The lowest BCUT2D eigenvalue weighted by atomic mass is 10.1. The molecule has 0 heterocycles. The van der Waals surface area contributed by atoms with E-state index in [0.717, 1.165) is 13.2 Å². The molecule has 148 valence electrons. The fraction of sp³-hybridized carbons (Fsp3) is 0.739. The van der Waals surface area contributed by atoms with Crippen LogP contribution in [0.1, 0.15) is 84.3 Å². The van der Waals surface area contributed by atoms with Crippen LogP contribution in [0.2, 0.25) is 17.1 Å². The van der Waals surface area contributed by atoms with E-state index < -0.39 is 8.32 Å². The lowest BCUT2D eigenvalue weighted by Gasteiger charge is -2.41. The number of benzene rings is 1. The molecule has 1 fully saturated rings. The molecule has 26 heavy (non-hydrogen) atoms. The van der Waals surface area contributed by atoms with Gasteiger partial charge in [0.05, 0.1) is 6.61 Å². The van der Waals surface area contributed by atoms with Crippen molar-refractivity contribution in [2.75, 3.05) is 0 Å². The minimum Gasteiger partial charge on any atom is -0.412 e. The summed E-state index contributed by atoms with van der Waals surface area (Å²) in [5.41, 5.74) is 2.70. The molecule has 2 rings (SSSR count). The summed E-state index contributed by atoms with van der Waals surface area (Å²) in [7, 11) is -1.70. The van der Waals surface area contributed by atoms with E-state index in [1.165, 1.54) is 61.7 Å². The van der Waals surface area contributed by atoms with Gasteiger partial charge in [-0.25, -0.2) is 0 Å². The van der Waals surface area contributed by atoms with E-state index in [9.17, 15) is 0 Å². The molecule has 0 spiro atoms. The highest BCUT2D eigenvalue weighted by Crippen LogP contribution is 2.42. The van der Waals surface area contributed by atoms with Crippen LogP contribution >= 0.6 is 0 Å². The molecule has 0 radical (unpaired) electrons. The molecule has 0 saturated heterocycles. The molecule has 0 bridgehead atoms. The molecule has 1 aromatic carbocycles. The summed E-state index contributed by atoms with van der Waals surface area (Å²) >= 11 is 0. The van der Waals surface area contributed by atoms with Crippen molar-refractivity contribution in [2.24, 2.45) is 0 Å². The maximum absolute atomic E-state index is 6.61. The molecule has 1 aliphatic rings. The lowest BCUT2D eigenvalue weighted by molar-refractivity contribution is 0.267. The van der Waals surface area contributed by atoms with E-state index in [4.69, 9.17) is 4.43 Å². The van der Waals surface area contributed by atoms with Gasteiger partial charge < -0.3 is 9.74 Å². The van der Waals surface area contributed by atoms with Crippen LogP contribution in [-0.2, 0) is 17.6 Å². The first kappa shape index (κ1) is 21.7. The summed E-state index contributed by atoms with van der Waals surface area (Å²) < 4.78 is 6.61. The summed E-state index contributed by atoms with van der Waals surface area (Å²) in [6.45, 7) is 13.4. The van der Waals surface area contributed by atoms with Crippen molar-refractivity contribution in [1.82, 2.24) is 5.32 Å². The van der Waals surface area contributed by atoms with Gasteiger partial charge in [0.25, 0.3) is 0 Å². The van der Waals surface area contributed by atoms with E-state index in [-0.39, 0.29) is 0 Å². The molecule has 1 aromatic rings. The predicted molar refractivity (Wildman–Crippen MR) is 116 cm³/mol. The van der Waals surface area contributed by atoms with Crippen molar-refractivity contribution in [1.29, 1.82) is 0 Å². The SMILES string of the molecule is CC[Si](CC)(OCc1ccc(CNC2CCCCCC2)cc1)C(C)(C)C. The largest absolute Gasteiger partial charge is 0.412 e. The van der Waals surface area contributed by atoms with Gasteiger partial charge in [0.1, 0.15) is 0 Å². The molecular formula is C23H41NOSi. The van der Waals surface area contributed by atoms with E-state index in [1.54, 1.807) is 0 Å². The summed E-state index contributed by atoms with van der Waals surface area (Å²) in [6, 6.07) is 12.2. The van der Waals surface area contributed by atoms with Gasteiger partial charge in [-0.05, 0) is 41.1 Å². The molecule has 0 aliphatic heterocycles. The molecule has 0 aromatic heterocycles. The molecule has 1 N–H and O–H groups in total. The topological polar surface area (TPSA) is 21.3 Å². The number of hydrogen-bond acceptors (Lipinski definition) is 2. The van der Waals surface area contributed by atoms with Crippen molar-refractivity contribution in [3.8, 4) is 0 Å². The number of hydrogen-bond donors (Lipinski definition) is 1. The maximum Gasteiger partial charge on any atom is 0.198 e. The van der Waals surface area contributed by atoms with Crippen molar-refractivity contribution in [2.45, 2.75) is 109 Å². The third-order valence-corrected chi connectivity index (χ3v) is 12.2. The van der Waals surface area contributed by atoms with Crippen LogP contribution in [0.15, 0.2) is 24.3 Å². The first-order valence-electron chi connectivity index (χ1n) is 10.9. The molecular weight excluding hydrogens is 334 g/mol. The second-order valence-electron chi connectivity index (χ2n) is 9.13. The molecule has 0 atom stereocenters. The van der Waals surface area contributed by atoms with Gasteiger partial charge in [-0.2, -0.15) is 0 Å². The number of nitrogens with one attached hydrogen (secondary N) is 1. The Morgan fingerprint density at radius 1 is 0.923 bits per heavy atom. The average molecular weight is 376 g/mol. The molecule has 0 unspecified atom stereocenters. The third-order valence-electron chi connectivity index (χ3n) is 6.50. The Morgan fingerprint density at radius 2 is 1.46 bits per heavy atom. The van der Waals surface area contributed by atoms with E-state index in [0.29, 0.717) is 11.1 Å². The van der Waals surface area contributed by atoms with Crippen molar-refractivity contribution in [3.05, 3.63) is 35.4 Å². The highest BCUT2D eigenvalue weighted by atomic mass is 28.4. The quantitative estimate of drug-likeness (QED) is 0.398. The van der Waals surface area contributed by atoms with Crippen LogP contribution < -0.4 is 5.32 Å². The summed E-state index contributed by atoms with van der Waals surface area (Å²) in [5, 5.41) is 4.06. The molecule has 1 aliphatic carbocycles. The Balaban J connectivity index is 1.86. The monoisotopic (exact) mass is 375 g/mol. The van der Waals surface area contributed by atoms with Gasteiger partial charge in [0.15, 0.2) is 8.32 Å². The van der Waals surface area contributed by atoms with E-state index in [2.05, 4.69) is 64.2 Å². The minimum atomic E-state index is -1.70. The second kappa shape index (κ2) is 10.1. The van der Waals surface area contributed by atoms with Gasteiger partial charge in [-0.1, -0.05) is 84.6 Å². The third kappa shape index (κ3) is 5.93. The van der Waals surface area contributed by atoms with Crippen LogP contribution in [0.3, 0.4) is 0 Å². The molecule has 1 saturated carbocycles. The van der Waals surface area contributed by atoms with Crippen LogP contribution in [0.25, 0.3) is 0 Å². The van der Waals surface area contributed by atoms with Gasteiger partial charge in [-0.3, -0.25) is 0 Å². The zero-order valence-corrected chi connectivity index (χ0v) is 18.9. The van der Waals surface area contributed by atoms with Crippen LogP contribution in [0, 0.1) is 0 Å². The average Bonchev–Trinajstić information content (AvgIpc) is 2.90. The van der Waals surface area contributed by atoms with Crippen LogP contribution in [0.4, 0.5) is 0 Å². The van der Waals surface area contributed by atoms with Crippen molar-refractivity contribution >= 4 is 8.32 Å². The Labute approximate surface area is 163 Å². The van der Waals surface area contributed by atoms with E-state index >= 15 is 0 Å². The fourth-order valence-electron chi connectivity index (χ4n) is 4.45. The first-order chi connectivity index (χ1) is 12.4. The highest BCUT2D eigenvalue weighted by Gasteiger charge is 2.43. The molecule has 0 amide bonds. The van der Waals surface area contributed by atoms with E-state index in [1.807, 2.05) is 0 Å². The standard InChI is InChI=1S/C23H41NOSi/c1-6-26(7-2,23(3,4)5)25-19-21-16-14-20(15-17-21)18-24-22-12-10-8-9-11-13-22/h14-17,22,24H,6-13,18-19H2,1-5H3. The Hall–Kier alpha value is -0.643. The van der Waals surface area contributed by atoms with Crippen molar-refractivity contribution in [3.63, 3.8) is 0 Å². The van der Waals surface area contributed by atoms with Gasteiger partial charge >= 0.3 is 0 Å². The van der Waals surface area contributed by atoms with Crippen LogP contribution in [0.5, 0.6) is 0 Å². The maximum atomic E-state index is 6.61. The van der Waals surface area contributed by atoms with Gasteiger partial charge in [0.2, 0.25) is 0 Å². The zero-order valence-electron chi connectivity index (χ0n) is 17.9. The van der Waals surface area contributed by atoms with Gasteiger partial charge in [0, 0.05) is 12.6 Å². The van der Waals surface area contributed by atoms with Crippen molar-refractivity contribution < 1.29 is 4.43 Å². The lowest BCUT2D eigenvalue weighted by Crippen LogP contribution is -2.45. The molecule has 3 heteroatoms. The highest BCUT2D eigenvalue weighted by molar-refractivity contribution is 6.76. The normalized spacial score (nSPS) is 17.3. The Bertz CT molecular complexity index is 508. The Morgan fingerprint density at radius 3 is 1.96 bits per heavy atom. The summed E-state index contributed by atoms with van der Waals surface area (Å²) in [6.07, 6.45) is 8.31. The summed E-state index contributed by atoms with van der Waals surface area (Å²) in [5.74, 6) is 0.